The van der Waals surface area contributed by atoms with Crippen LogP contribution in [0.15, 0.2) is 57.9 Å². The highest BCUT2D eigenvalue weighted by Gasteiger charge is 2.22. The first-order chi connectivity index (χ1) is 9.90. The molecule has 0 aliphatic rings. The lowest BCUT2D eigenvalue weighted by atomic mass is 10.1. The standard InChI is InChI=1S/C15H12BrFO3S/c16-13-6-2-4-8-15(13)21(19,20)10-12(18)9-11-5-1-3-7-14(11)17/h1-8H,9-10H2. The van der Waals surface area contributed by atoms with Crippen molar-refractivity contribution in [1.82, 2.24) is 0 Å². The van der Waals surface area contributed by atoms with Crippen LogP contribution < -0.4 is 0 Å². The maximum absolute atomic E-state index is 13.5. The Labute approximate surface area is 130 Å². The number of hydrogen-bond donors (Lipinski definition) is 0. The first kappa shape index (κ1) is 15.9. The molecule has 21 heavy (non-hydrogen) atoms. The van der Waals surface area contributed by atoms with E-state index in [1.807, 2.05) is 0 Å². The Balaban J connectivity index is 2.16. The monoisotopic (exact) mass is 370 g/mol. The average molecular weight is 371 g/mol. The highest BCUT2D eigenvalue weighted by molar-refractivity contribution is 9.10. The summed E-state index contributed by atoms with van der Waals surface area (Å²) in [7, 11) is -3.74. The molecule has 0 fully saturated rings. The van der Waals surface area contributed by atoms with Crippen LogP contribution in [0.25, 0.3) is 0 Å². The zero-order valence-corrected chi connectivity index (χ0v) is 13.3. The van der Waals surface area contributed by atoms with Gasteiger partial charge in [-0.3, -0.25) is 4.79 Å². The Morgan fingerprint density at radius 2 is 1.67 bits per heavy atom. The highest BCUT2D eigenvalue weighted by Crippen LogP contribution is 2.22. The van der Waals surface area contributed by atoms with Gasteiger partial charge in [0.25, 0.3) is 0 Å². The van der Waals surface area contributed by atoms with E-state index < -0.39 is 27.2 Å². The molecule has 0 aliphatic heterocycles. The molecule has 2 aromatic carbocycles. The highest BCUT2D eigenvalue weighted by atomic mass is 79.9. The summed E-state index contributed by atoms with van der Waals surface area (Å²) in [6.45, 7) is 0. The molecule has 3 nitrogen and oxygen atoms in total. The lowest BCUT2D eigenvalue weighted by Crippen LogP contribution is -2.18. The fourth-order valence-electron chi connectivity index (χ4n) is 1.89. The van der Waals surface area contributed by atoms with Crippen LogP contribution in [0.5, 0.6) is 0 Å². The molecule has 2 aromatic rings. The second-order valence-corrected chi connectivity index (χ2v) is 7.31. The van der Waals surface area contributed by atoms with Crippen molar-refractivity contribution in [3.05, 3.63) is 64.4 Å². The molecular formula is C15H12BrFO3S. The molecular weight excluding hydrogens is 359 g/mol. The van der Waals surface area contributed by atoms with Crippen molar-refractivity contribution in [2.45, 2.75) is 11.3 Å². The van der Waals surface area contributed by atoms with E-state index in [-0.39, 0.29) is 16.9 Å². The number of carbonyl (C=O) groups excluding carboxylic acids is 1. The van der Waals surface area contributed by atoms with Gasteiger partial charge >= 0.3 is 0 Å². The number of benzene rings is 2. The van der Waals surface area contributed by atoms with E-state index in [4.69, 9.17) is 0 Å². The number of carbonyl (C=O) groups is 1. The van der Waals surface area contributed by atoms with Crippen molar-refractivity contribution >= 4 is 31.6 Å². The van der Waals surface area contributed by atoms with E-state index in [1.54, 1.807) is 24.3 Å². The number of ketones is 1. The molecule has 0 radical (unpaired) electrons. The maximum Gasteiger partial charge on any atom is 0.186 e. The summed E-state index contributed by atoms with van der Waals surface area (Å²) in [5.41, 5.74) is 0.199. The predicted octanol–water partition coefficient (Wildman–Crippen LogP) is 3.17. The second-order valence-electron chi connectivity index (χ2n) is 4.50. The molecule has 0 N–H and O–H groups in total. The SMILES string of the molecule is O=C(Cc1ccccc1F)CS(=O)(=O)c1ccccc1Br. The number of halogens is 2. The van der Waals surface area contributed by atoms with Gasteiger partial charge in [-0.05, 0) is 39.7 Å². The van der Waals surface area contributed by atoms with E-state index in [0.717, 1.165) is 0 Å². The first-order valence-electron chi connectivity index (χ1n) is 6.12. The van der Waals surface area contributed by atoms with Gasteiger partial charge in [0.2, 0.25) is 0 Å². The van der Waals surface area contributed by atoms with E-state index in [2.05, 4.69) is 15.9 Å². The smallest absolute Gasteiger partial charge is 0.186 e. The van der Waals surface area contributed by atoms with Gasteiger partial charge < -0.3 is 0 Å². The Morgan fingerprint density at radius 1 is 1.05 bits per heavy atom. The molecule has 6 heteroatoms. The summed E-state index contributed by atoms with van der Waals surface area (Å²) in [6.07, 6.45) is -0.240. The molecule has 0 bridgehead atoms. The lowest BCUT2D eigenvalue weighted by Gasteiger charge is -2.06. The minimum absolute atomic E-state index is 0.0619. The normalized spacial score (nSPS) is 11.3. The molecule has 110 valence electrons. The molecule has 0 heterocycles. The molecule has 0 saturated heterocycles. The van der Waals surface area contributed by atoms with Crippen LogP contribution in [0.3, 0.4) is 0 Å². The van der Waals surface area contributed by atoms with Gasteiger partial charge in [0.15, 0.2) is 15.6 Å². The largest absolute Gasteiger partial charge is 0.298 e. The van der Waals surface area contributed by atoms with Crippen LogP contribution in [-0.2, 0) is 21.1 Å². The Kier molecular flexibility index (Phi) is 4.90. The zero-order valence-electron chi connectivity index (χ0n) is 10.9. The van der Waals surface area contributed by atoms with Crippen molar-refractivity contribution < 1.29 is 17.6 Å². The Bertz CT molecular complexity index is 772. The third-order valence-electron chi connectivity index (χ3n) is 2.87. The van der Waals surface area contributed by atoms with Crippen molar-refractivity contribution in [3.63, 3.8) is 0 Å². The molecule has 0 aromatic heterocycles. The van der Waals surface area contributed by atoms with Crippen molar-refractivity contribution in [2.75, 3.05) is 5.75 Å². The van der Waals surface area contributed by atoms with Crippen LogP contribution in [0.4, 0.5) is 4.39 Å². The number of sulfone groups is 1. The molecule has 0 amide bonds. The first-order valence-corrected chi connectivity index (χ1v) is 8.57. The molecule has 0 saturated carbocycles. The summed E-state index contributed by atoms with van der Waals surface area (Å²) < 4.78 is 38.3. The van der Waals surface area contributed by atoms with Gasteiger partial charge in [-0.25, -0.2) is 12.8 Å². The van der Waals surface area contributed by atoms with Crippen molar-refractivity contribution in [1.29, 1.82) is 0 Å². The summed E-state index contributed by atoms with van der Waals surface area (Å²) in [4.78, 5) is 12.0. The van der Waals surface area contributed by atoms with Crippen molar-refractivity contribution in [2.24, 2.45) is 0 Å². The number of Topliss-reactive ketones (excluding diaryl/α,β-unsaturated/α-hetero) is 1. The van der Waals surface area contributed by atoms with E-state index in [9.17, 15) is 17.6 Å². The fraction of sp³-hybridized carbons (Fsp3) is 0.133. The third-order valence-corrected chi connectivity index (χ3v) is 5.55. The summed E-state index contributed by atoms with van der Waals surface area (Å²) >= 11 is 3.15. The van der Waals surface area contributed by atoms with Gasteiger partial charge in [-0.15, -0.1) is 0 Å². The second kappa shape index (κ2) is 6.49. The van der Waals surface area contributed by atoms with Gasteiger partial charge in [0.1, 0.15) is 11.6 Å². The summed E-state index contributed by atoms with van der Waals surface area (Å²) in [5.74, 6) is -1.70. The maximum atomic E-state index is 13.5. The lowest BCUT2D eigenvalue weighted by molar-refractivity contribution is -0.116. The van der Waals surface area contributed by atoms with Crippen LogP contribution in [-0.4, -0.2) is 20.0 Å². The van der Waals surface area contributed by atoms with Gasteiger partial charge in [-0.1, -0.05) is 30.3 Å². The molecule has 0 spiro atoms. The predicted molar refractivity (Wildman–Crippen MR) is 81.3 cm³/mol. The number of hydrogen-bond acceptors (Lipinski definition) is 3. The van der Waals surface area contributed by atoms with Crippen LogP contribution in [0, 0.1) is 5.82 Å². The van der Waals surface area contributed by atoms with Crippen LogP contribution in [0.1, 0.15) is 5.56 Å². The quantitative estimate of drug-likeness (QED) is 0.811. The van der Waals surface area contributed by atoms with E-state index in [0.29, 0.717) is 4.47 Å². The molecule has 0 unspecified atom stereocenters. The van der Waals surface area contributed by atoms with Crippen LogP contribution in [0.2, 0.25) is 0 Å². The third kappa shape index (κ3) is 3.98. The fourth-order valence-corrected chi connectivity index (χ4v) is 4.25. The zero-order chi connectivity index (χ0) is 15.5. The van der Waals surface area contributed by atoms with E-state index >= 15 is 0 Å². The van der Waals surface area contributed by atoms with Crippen molar-refractivity contribution in [3.8, 4) is 0 Å². The van der Waals surface area contributed by atoms with Gasteiger partial charge in [0.05, 0.1) is 4.90 Å². The minimum atomic E-state index is -3.74. The Morgan fingerprint density at radius 3 is 2.33 bits per heavy atom. The summed E-state index contributed by atoms with van der Waals surface area (Å²) in [5, 5.41) is 0. The van der Waals surface area contributed by atoms with Crippen LogP contribution >= 0.6 is 15.9 Å². The summed E-state index contributed by atoms with van der Waals surface area (Å²) in [6, 6.07) is 12.1. The molecule has 0 aliphatic carbocycles. The topological polar surface area (TPSA) is 51.2 Å². The Hall–Kier alpha value is -1.53. The van der Waals surface area contributed by atoms with E-state index in [1.165, 1.54) is 24.3 Å². The van der Waals surface area contributed by atoms with Gasteiger partial charge in [-0.2, -0.15) is 0 Å². The molecule has 0 atom stereocenters. The minimum Gasteiger partial charge on any atom is -0.298 e. The van der Waals surface area contributed by atoms with Gasteiger partial charge in [0, 0.05) is 10.9 Å². The number of rotatable bonds is 5. The average Bonchev–Trinajstić information content (AvgIpc) is 2.41. The molecule has 2 rings (SSSR count).